The predicted molar refractivity (Wildman–Crippen MR) is 141 cm³/mol. The second-order valence-electron chi connectivity index (χ2n) is 9.16. The maximum absolute atomic E-state index is 10.7. The molecule has 0 unspecified atom stereocenters. The van der Waals surface area contributed by atoms with Crippen LogP contribution in [0.1, 0.15) is 39.7 Å². The quantitative estimate of drug-likeness (QED) is 0.208. The normalized spacial score (nSPS) is 17.4. The van der Waals surface area contributed by atoms with Crippen molar-refractivity contribution in [3.8, 4) is 46.0 Å². The molecule has 0 bridgehead atoms. The number of hydrogen-bond acceptors (Lipinski definition) is 8. The second kappa shape index (κ2) is 9.48. The summed E-state index contributed by atoms with van der Waals surface area (Å²) in [5.41, 5.74) is 3.97. The molecule has 0 amide bonds. The highest BCUT2D eigenvalue weighted by molar-refractivity contribution is 5.93. The number of phenolic OH excluding ortho intramolecular Hbond substituents is 6. The summed E-state index contributed by atoms with van der Waals surface area (Å²) in [6.07, 6.45) is 1.79. The van der Waals surface area contributed by atoms with Gasteiger partial charge < -0.3 is 40.1 Å². The van der Waals surface area contributed by atoms with Crippen molar-refractivity contribution in [2.45, 2.75) is 11.8 Å². The first-order valence-electron chi connectivity index (χ1n) is 11.7. The fraction of sp³-hybridized carbons (Fsp3) is 0.133. The van der Waals surface area contributed by atoms with Crippen molar-refractivity contribution in [3.63, 3.8) is 0 Å². The molecule has 6 N–H and O–H groups in total. The van der Waals surface area contributed by atoms with Gasteiger partial charge in [0, 0.05) is 24.0 Å². The van der Waals surface area contributed by atoms with Gasteiger partial charge in [0.1, 0.15) is 23.0 Å². The number of hydrogen-bond donors (Lipinski definition) is 6. The Morgan fingerprint density at radius 1 is 0.579 bits per heavy atom. The first-order chi connectivity index (χ1) is 18.2. The van der Waals surface area contributed by atoms with Crippen molar-refractivity contribution in [2.24, 2.45) is 0 Å². The van der Waals surface area contributed by atoms with Crippen molar-refractivity contribution < 1.29 is 40.1 Å². The topological polar surface area (TPSA) is 140 Å². The third-order valence-electron chi connectivity index (χ3n) is 6.76. The van der Waals surface area contributed by atoms with Crippen LogP contribution < -0.4 is 9.47 Å². The number of allylic oxidation sites excluding steroid dienone is 1. The molecule has 0 heterocycles. The van der Waals surface area contributed by atoms with E-state index in [1.165, 1.54) is 44.6 Å². The molecule has 8 nitrogen and oxygen atoms in total. The van der Waals surface area contributed by atoms with Gasteiger partial charge in [0.25, 0.3) is 0 Å². The molecule has 194 valence electrons. The van der Waals surface area contributed by atoms with E-state index in [0.717, 1.165) is 11.1 Å². The predicted octanol–water partition coefficient (Wildman–Crippen LogP) is 5.41. The van der Waals surface area contributed by atoms with Crippen LogP contribution in [0.15, 0.2) is 66.7 Å². The van der Waals surface area contributed by atoms with Crippen molar-refractivity contribution >= 4 is 11.6 Å². The largest absolute Gasteiger partial charge is 0.508 e. The van der Waals surface area contributed by atoms with E-state index >= 15 is 0 Å². The lowest BCUT2D eigenvalue weighted by Gasteiger charge is -2.24. The molecule has 0 fully saturated rings. The molecule has 2 atom stereocenters. The SMILES string of the molecule is COc1cc([C@H]2c3cc(O)c(OC)cc3/C(=C/c3cc(O)cc(O)c3)[C@@H]2c2cc(O)cc(O)c2)ccc1O. The minimum Gasteiger partial charge on any atom is -0.508 e. The minimum absolute atomic E-state index is 0.0374. The van der Waals surface area contributed by atoms with E-state index < -0.39 is 11.8 Å². The minimum atomic E-state index is -0.520. The summed E-state index contributed by atoms with van der Waals surface area (Å²) in [7, 11) is 2.89. The first-order valence-corrected chi connectivity index (χ1v) is 11.7. The Morgan fingerprint density at radius 3 is 1.76 bits per heavy atom. The van der Waals surface area contributed by atoms with Gasteiger partial charge in [-0.25, -0.2) is 0 Å². The van der Waals surface area contributed by atoms with Gasteiger partial charge in [0.05, 0.1) is 14.2 Å². The van der Waals surface area contributed by atoms with Gasteiger partial charge in [-0.2, -0.15) is 0 Å². The maximum atomic E-state index is 10.7. The number of phenols is 6. The van der Waals surface area contributed by atoms with Crippen molar-refractivity contribution in [3.05, 3.63) is 94.5 Å². The number of rotatable bonds is 5. The second-order valence-corrected chi connectivity index (χ2v) is 9.16. The molecule has 4 aromatic carbocycles. The van der Waals surface area contributed by atoms with Crippen molar-refractivity contribution in [1.82, 2.24) is 0 Å². The molecule has 4 aromatic rings. The lowest BCUT2D eigenvalue weighted by molar-refractivity contribution is 0.372. The fourth-order valence-corrected chi connectivity index (χ4v) is 5.26. The molecule has 0 aromatic heterocycles. The Balaban J connectivity index is 1.85. The van der Waals surface area contributed by atoms with E-state index in [1.54, 1.807) is 42.5 Å². The summed E-state index contributed by atoms with van der Waals surface area (Å²) in [6.45, 7) is 0. The molecule has 0 saturated heterocycles. The van der Waals surface area contributed by atoms with Crippen LogP contribution in [0.5, 0.6) is 46.0 Å². The summed E-state index contributed by atoms with van der Waals surface area (Å²) in [5.74, 6) is -1.09. The Kier molecular flexibility index (Phi) is 6.16. The van der Waals surface area contributed by atoms with Gasteiger partial charge in [-0.1, -0.05) is 12.1 Å². The average Bonchev–Trinajstić information content (AvgIpc) is 3.15. The summed E-state index contributed by atoms with van der Waals surface area (Å²) in [4.78, 5) is 0. The van der Waals surface area contributed by atoms with Gasteiger partial charge in [-0.15, -0.1) is 0 Å². The highest BCUT2D eigenvalue weighted by Gasteiger charge is 2.40. The molecule has 0 radical (unpaired) electrons. The van der Waals surface area contributed by atoms with Crippen LogP contribution in [0.3, 0.4) is 0 Å². The lowest BCUT2D eigenvalue weighted by atomic mass is 9.79. The monoisotopic (exact) mass is 514 g/mol. The van der Waals surface area contributed by atoms with E-state index in [1.807, 2.05) is 0 Å². The standard InChI is InChI=1S/C30H26O8/c1-37-27-10-16(3-4-25(27)35)29-24-13-26(36)28(38-2)14-22(24)23(7-15-5-18(31)11-19(32)6-15)30(29)17-8-20(33)12-21(34)9-17/h3-14,29-36H,1-2H3/b23-7-/t29-,30-/m0/s1. The van der Waals surface area contributed by atoms with E-state index in [4.69, 9.17) is 9.47 Å². The van der Waals surface area contributed by atoms with Crippen LogP contribution in [-0.2, 0) is 0 Å². The van der Waals surface area contributed by atoms with Crippen LogP contribution in [-0.4, -0.2) is 44.9 Å². The lowest BCUT2D eigenvalue weighted by Crippen LogP contribution is -2.08. The molecule has 1 aliphatic rings. The van der Waals surface area contributed by atoms with Gasteiger partial charge in [0.15, 0.2) is 23.0 Å². The Labute approximate surface area is 218 Å². The zero-order valence-corrected chi connectivity index (χ0v) is 20.6. The van der Waals surface area contributed by atoms with Crippen LogP contribution in [0.25, 0.3) is 11.6 Å². The van der Waals surface area contributed by atoms with Crippen LogP contribution in [0.4, 0.5) is 0 Å². The molecule has 38 heavy (non-hydrogen) atoms. The smallest absolute Gasteiger partial charge is 0.161 e. The molecule has 0 saturated carbocycles. The zero-order valence-electron chi connectivity index (χ0n) is 20.6. The third-order valence-corrected chi connectivity index (χ3v) is 6.76. The highest BCUT2D eigenvalue weighted by Crippen LogP contribution is 2.58. The number of ether oxygens (including phenoxy) is 2. The van der Waals surface area contributed by atoms with Gasteiger partial charge >= 0.3 is 0 Å². The van der Waals surface area contributed by atoms with E-state index in [9.17, 15) is 30.6 Å². The van der Waals surface area contributed by atoms with Crippen molar-refractivity contribution in [1.29, 1.82) is 0 Å². The van der Waals surface area contributed by atoms with Gasteiger partial charge in [0.2, 0.25) is 0 Å². The summed E-state index contributed by atoms with van der Waals surface area (Å²) in [6, 6.07) is 16.8. The van der Waals surface area contributed by atoms with Crippen LogP contribution in [0, 0.1) is 0 Å². The van der Waals surface area contributed by atoms with E-state index in [0.29, 0.717) is 22.3 Å². The summed E-state index contributed by atoms with van der Waals surface area (Å²) >= 11 is 0. The van der Waals surface area contributed by atoms with Gasteiger partial charge in [-0.05, 0) is 81.9 Å². The van der Waals surface area contributed by atoms with Crippen LogP contribution in [0.2, 0.25) is 0 Å². The number of aromatic hydroxyl groups is 6. The fourth-order valence-electron chi connectivity index (χ4n) is 5.26. The average molecular weight is 515 g/mol. The van der Waals surface area contributed by atoms with E-state index in [2.05, 4.69) is 0 Å². The molecular weight excluding hydrogens is 488 g/mol. The van der Waals surface area contributed by atoms with Crippen molar-refractivity contribution in [2.75, 3.05) is 14.2 Å². The number of methoxy groups -OCH3 is 2. The molecule has 8 heteroatoms. The Morgan fingerprint density at radius 2 is 1.16 bits per heavy atom. The summed E-state index contributed by atoms with van der Waals surface area (Å²) in [5, 5.41) is 61.9. The molecule has 0 aliphatic heterocycles. The number of benzene rings is 4. The summed E-state index contributed by atoms with van der Waals surface area (Å²) < 4.78 is 10.7. The zero-order chi connectivity index (χ0) is 27.1. The third kappa shape index (κ3) is 4.37. The molecule has 1 aliphatic carbocycles. The number of fused-ring (bicyclic) bond motifs is 1. The maximum Gasteiger partial charge on any atom is 0.161 e. The molecule has 0 spiro atoms. The Hall–Kier alpha value is -4.98. The van der Waals surface area contributed by atoms with E-state index in [-0.39, 0.29) is 46.0 Å². The molecular formula is C30H26O8. The molecule has 5 rings (SSSR count). The highest BCUT2D eigenvalue weighted by atomic mass is 16.5. The van der Waals surface area contributed by atoms with Crippen LogP contribution >= 0.6 is 0 Å². The van der Waals surface area contributed by atoms with Gasteiger partial charge in [-0.3, -0.25) is 0 Å². The first kappa shape index (κ1) is 24.7. The Bertz CT molecular complexity index is 1530.